The van der Waals surface area contributed by atoms with Crippen molar-refractivity contribution < 1.29 is 0 Å². The Morgan fingerprint density at radius 2 is 2.22 bits per heavy atom. The molecule has 1 fully saturated rings. The molecule has 0 saturated heterocycles. The summed E-state index contributed by atoms with van der Waals surface area (Å²) in [4.78, 5) is 9.24. The van der Waals surface area contributed by atoms with E-state index < -0.39 is 0 Å². The topological polar surface area (TPSA) is 55.6 Å². The fraction of sp³-hybridized carbons (Fsp3) is 0.462. The third-order valence-corrected chi connectivity index (χ3v) is 3.13. The van der Waals surface area contributed by atoms with E-state index in [4.69, 9.17) is 0 Å². The second-order valence-electron chi connectivity index (χ2n) is 4.64. The van der Waals surface area contributed by atoms with E-state index in [9.17, 15) is 0 Å². The molecule has 3 rings (SSSR count). The van der Waals surface area contributed by atoms with Crippen LogP contribution in [0.2, 0.25) is 0 Å². The minimum Gasteiger partial charge on any atom is -0.370 e. The second-order valence-corrected chi connectivity index (χ2v) is 4.64. The van der Waals surface area contributed by atoms with E-state index in [1.807, 2.05) is 23.9 Å². The van der Waals surface area contributed by atoms with Crippen LogP contribution in [-0.2, 0) is 7.05 Å². The Bertz CT molecular complexity index is 556. The maximum atomic E-state index is 4.67. The molecule has 1 N–H and O–H groups in total. The van der Waals surface area contributed by atoms with Crippen LogP contribution < -0.4 is 5.32 Å². The highest BCUT2D eigenvalue weighted by atomic mass is 15.3. The third-order valence-electron chi connectivity index (χ3n) is 3.13. The molecule has 0 aromatic carbocycles. The molecule has 0 unspecified atom stereocenters. The molecule has 94 valence electrons. The number of aryl methyl sites for hydroxylation is 1. The zero-order chi connectivity index (χ0) is 12.5. The highest BCUT2D eigenvalue weighted by molar-refractivity contribution is 5.59. The van der Waals surface area contributed by atoms with E-state index in [-0.39, 0.29) is 0 Å². The Balaban J connectivity index is 2.04. The van der Waals surface area contributed by atoms with Crippen molar-refractivity contribution >= 4 is 5.82 Å². The van der Waals surface area contributed by atoms with Crippen LogP contribution in [0.1, 0.15) is 31.5 Å². The summed E-state index contributed by atoms with van der Waals surface area (Å²) < 4.78 is 1.84. The van der Waals surface area contributed by atoms with Gasteiger partial charge in [0, 0.05) is 31.8 Å². The van der Waals surface area contributed by atoms with E-state index in [0.29, 0.717) is 5.92 Å². The predicted molar refractivity (Wildman–Crippen MR) is 70.4 cm³/mol. The van der Waals surface area contributed by atoms with Crippen LogP contribution >= 0.6 is 0 Å². The highest BCUT2D eigenvalue weighted by Crippen LogP contribution is 2.39. The lowest BCUT2D eigenvalue weighted by Gasteiger charge is -2.08. The summed E-state index contributed by atoms with van der Waals surface area (Å²) in [5.74, 6) is 2.42. The van der Waals surface area contributed by atoms with Crippen LogP contribution in [0, 0.1) is 0 Å². The molecule has 0 spiro atoms. The normalized spacial score (nSPS) is 14.8. The number of rotatable bonds is 4. The largest absolute Gasteiger partial charge is 0.370 e. The molecule has 5 heteroatoms. The monoisotopic (exact) mass is 243 g/mol. The van der Waals surface area contributed by atoms with Gasteiger partial charge in [-0.25, -0.2) is 9.97 Å². The van der Waals surface area contributed by atoms with Crippen LogP contribution in [-0.4, -0.2) is 26.3 Å². The number of nitrogens with one attached hydrogen (secondary N) is 1. The van der Waals surface area contributed by atoms with E-state index in [0.717, 1.165) is 29.6 Å². The van der Waals surface area contributed by atoms with Gasteiger partial charge in [-0.2, -0.15) is 5.10 Å². The minimum atomic E-state index is 0.551. The van der Waals surface area contributed by atoms with E-state index in [2.05, 4.69) is 27.3 Å². The van der Waals surface area contributed by atoms with E-state index in [1.165, 1.54) is 12.8 Å². The van der Waals surface area contributed by atoms with Crippen molar-refractivity contribution in [2.24, 2.45) is 7.05 Å². The molecule has 0 bridgehead atoms. The Morgan fingerprint density at radius 1 is 1.39 bits per heavy atom. The van der Waals surface area contributed by atoms with Gasteiger partial charge >= 0.3 is 0 Å². The smallest absolute Gasteiger partial charge is 0.134 e. The molecule has 0 aliphatic heterocycles. The Labute approximate surface area is 106 Å². The average molecular weight is 243 g/mol. The molecule has 5 nitrogen and oxygen atoms in total. The number of hydrogen-bond acceptors (Lipinski definition) is 4. The first-order valence-corrected chi connectivity index (χ1v) is 6.39. The first-order valence-electron chi connectivity index (χ1n) is 6.39. The van der Waals surface area contributed by atoms with Gasteiger partial charge in [0.15, 0.2) is 0 Å². The van der Waals surface area contributed by atoms with Gasteiger partial charge in [0.2, 0.25) is 0 Å². The third kappa shape index (κ3) is 2.08. The Morgan fingerprint density at radius 3 is 2.83 bits per heavy atom. The first-order chi connectivity index (χ1) is 8.78. The molecule has 1 saturated carbocycles. The lowest BCUT2D eigenvalue weighted by Crippen LogP contribution is -2.05. The second kappa shape index (κ2) is 4.40. The van der Waals surface area contributed by atoms with Crippen molar-refractivity contribution in [2.75, 3.05) is 11.9 Å². The van der Waals surface area contributed by atoms with Gasteiger partial charge in [-0.3, -0.25) is 4.68 Å². The van der Waals surface area contributed by atoms with Crippen molar-refractivity contribution in [3.63, 3.8) is 0 Å². The number of aromatic nitrogens is 4. The summed E-state index contributed by atoms with van der Waals surface area (Å²) in [5.41, 5.74) is 1.97. The number of hydrogen-bond donors (Lipinski definition) is 1. The molecule has 0 atom stereocenters. The molecule has 2 aromatic heterocycles. The van der Waals surface area contributed by atoms with Crippen LogP contribution in [0.5, 0.6) is 0 Å². The van der Waals surface area contributed by atoms with Gasteiger partial charge < -0.3 is 5.32 Å². The molecule has 2 heterocycles. The lowest BCUT2D eigenvalue weighted by atomic mass is 10.2. The van der Waals surface area contributed by atoms with Gasteiger partial charge in [-0.1, -0.05) is 0 Å². The van der Waals surface area contributed by atoms with Gasteiger partial charge in [-0.15, -0.1) is 0 Å². The SMILES string of the molecule is CCNc1cc(-c2ccnn2C)nc(C2CC2)n1. The Kier molecular flexibility index (Phi) is 2.74. The van der Waals surface area contributed by atoms with E-state index in [1.54, 1.807) is 6.20 Å². The fourth-order valence-corrected chi connectivity index (χ4v) is 2.02. The molecule has 0 amide bonds. The fourth-order valence-electron chi connectivity index (χ4n) is 2.02. The zero-order valence-corrected chi connectivity index (χ0v) is 10.7. The molecule has 2 aromatic rings. The summed E-state index contributed by atoms with van der Waals surface area (Å²) in [7, 11) is 1.93. The van der Waals surface area contributed by atoms with Crippen molar-refractivity contribution in [1.82, 2.24) is 19.7 Å². The van der Waals surface area contributed by atoms with Crippen LogP contribution in [0.4, 0.5) is 5.82 Å². The standard InChI is InChI=1S/C13H17N5/c1-3-14-12-8-10(11-6-7-15-18(11)2)16-13(17-12)9-4-5-9/h6-9H,3-5H2,1-2H3,(H,14,16,17). The van der Waals surface area contributed by atoms with Crippen LogP contribution in [0.15, 0.2) is 18.3 Å². The molecule has 1 aliphatic rings. The van der Waals surface area contributed by atoms with Gasteiger partial charge in [0.25, 0.3) is 0 Å². The maximum Gasteiger partial charge on any atom is 0.134 e. The summed E-state index contributed by atoms with van der Waals surface area (Å²) >= 11 is 0. The average Bonchev–Trinajstić information content (AvgIpc) is 3.12. The predicted octanol–water partition coefficient (Wildman–Crippen LogP) is 2.19. The van der Waals surface area contributed by atoms with Crippen molar-refractivity contribution in [3.05, 3.63) is 24.2 Å². The summed E-state index contributed by atoms with van der Waals surface area (Å²) in [6.45, 7) is 2.94. The molecular weight excluding hydrogens is 226 g/mol. The summed E-state index contributed by atoms with van der Waals surface area (Å²) in [6, 6.07) is 3.97. The van der Waals surface area contributed by atoms with Crippen LogP contribution in [0.25, 0.3) is 11.4 Å². The minimum absolute atomic E-state index is 0.551. The molecular formula is C13H17N5. The van der Waals surface area contributed by atoms with Crippen LogP contribution in [0.3, 0.4) is 0 Å². The highest BCUT2D eigenvalue weighted by Gasteiger charge is 2.27. The molecule has 18 heavy (non-hydrogen) atoms. The Hall–Kier alpha value is -1.91. The molecule has 0 radical (unpaired) electrons. The summed E-state index contributed by atoms with van der Waals surface area (Å²) in [6.07, 6.45) is 4.21. The number of anilines is 1. The first kappa shape index (κ1) is 11.2. The van der Waals surface area contributed by atoms with E-state index >= 15 is 0 Å². The quantitative estimate of drug-likeness (QED) is 0.894. The van der Waals surface area contributed by atoms with Crippen molar-refractivity contribution in [1.29, 1.82) is 0 Å². The maximum absolute atomic E-state index is 4.67. The molecule has 1 aliphatic carbocycles. The zero-order valence-electron chi connectivity index (χ0n) is 10.7. The summed E-state index contributed by atoms with van der Waals surface area (Å²) in [5, 5.41) is 7.47. The van der Waals surface area contributed by atoms with Gasteiger partial charge in [0.1, 0.15) is 11.6 Å². The van der Waals surface area contributed by atoms with Crippen molar-refractivity contribution in [3.8, 4) is 11.4 Å². The lowest BCUT2D eigenvalue weighted by molar-refractivity contribution is 0.771. The van der Waals surface area contributed by atoms with Crippen molar-refractivity contribution in [2.45, 2.75) is 25.7 Å². The number of nitrogens with zero attached hydrogens (tertiary/aromatic N) is 4. The van der Waals surface area contributed by atoms with Gasteiger partial charge in [-0.05, 0) is 25.8 Å². The van der Waals surface area contributed by atoms with Gasteiger partial charge in [0.05, 0.1) is 11.4 Å².